The second-order valence-corrected chi connectivity index (χ2v) is 10.1. The Kier molecular flexibility index (Phi) is 6.19. The SMILES string of the molecule is CC(C)(C)C(=O)N1CCC(c2nc3c(c(=O)[nH]2)CN(C(=O)C2CCOCC2)CC3)CC1. The van der Waals surface area contributed by atoms with Crippen molar-refractivity contribution in [2.24, 2.45) is 11.3 Å². The smallest absolute Gasteiger partial charge is 0.256 e. The van der Waals surface area contributed by atoms with Crippen molar-refractivity contribution < 1.29 is 14.3 Å². The molecular formula is C23H34N4O4. The lowest BCUT2D eigenvalue weighted by atomic mass is 9.90. The summed E-state index contributed by atoms with van der Waals surface area (Å²) in [7, 11) is 0. The molecule has 0 atom stereocenters. The van der Waals surface area contributed by atoms with Crippen LogP contribution in [-0.2, 0) is 27.3 Å². The Hall–Kier alpha value is -2.22. The van der Waals surface area contributed by atoms with Crippen molar-refractivity contribution in [3.05, 3.63) is 27.4 Å². The van der Waals surface area contributed by atoms with Crippen molar-refractivity contribution in [2.45, 2.75) is 65.3 Å². The second kappa shape index (κ2) is 8.73. The highest BCUT2D eigenvalue weighted by Gasteiger charge is 2.33. The number of H-pyrrole nitrogens is 1. The number of hydrogen-bond donors (Lipinski definition) is 1. The minimum atomic E-state index is -0.376. The Bertz CT molecular complexity index is 890. The third-order valence-electron chi connectivity index (χ3n) is 6.78. The van der Waals surface area contributed by atoms with Gasteiger partial charge in [-0.2, -0.15) is 0 Å². The highest BCUT2D eigenvalue weighted by Crippen LogP contribution is 2.29. The van der Waals surface area contributed by atoms with Crippen molar-refractivity contribution in [1.29, 1.82) is 0 Å². The second-order valence-electron chi connectivity index (χ2n) is 10.1. The van der Waals surface area contributed by atoms with E-state index in [9.17, 15) is 14.4 Å². The molecule has 1 aromatic rings. The molecule has 2 fully saturated rings. The quantitative estimate of drug-likeness (QED) is 0.772. The minimum absolute atomic E-state index is 0.00241. The maximum absolute atomic E-state index is 12.9. The molecule has 0 unspecified atom stereocenters. The summed E-state index contributed by atoms with van der Waals surface area (Å²) in [6.45, 7) is 9.42. The summed E-state index contributed by atoms with van der Waals surface area (Å²) < 4.78 is 5.36. The summed E-state index contributed by atoms with van der Waals surface area (Å²) in [6.07, 6.45) is 3.73. The molecular weight excluding hydrogens is 396 g/mol. The zero-order chi connectivity index (χ0) is 22.2. The van der Waals surface area contributed by atoms with Gasteiger partial charge in [0.1, 0.15) is 5.82 Å². The van der Waals surface area contributed by atoms with E-state index in [0.717, 1.165) is 37.2 Å². The van der Waals surface area contributed by atoms with Crippen molar-refractivity contribution >= 4 is 11.8 Å². The van der Waals surface area contributed by atoms with E-state index in [1.807, 2.05) is 30.6 Å². The fourth-order valence-electron chi connectivity index (χ4n) is 4.86. The van der Waals surface area contributed by atoms with E-state index in [1.165, 1.54) is 0 Å². The molecule has 0 bridgehead atoms. The first-order valence-corrected chi connectivity index (χ1v) is 11.5. The number of nitrogens with one attached hydrogen (secondary N) is 1. The highest BCUT2D eigenvalue weighted by molar-refractivity contribution is 5.81. The monoisotopic (exact) mass is 430 g/mol. The van der Waals surface area contributed by atoms with Gasteiger partial charge in [0.2, 0.25) is 11.8 Å². The van der Waals surface area contributed by atoms with Crippen LogP contribution >= 0.6 is 0 Å². The number of likely N-dealkylation sites (tertiary alicyclic amines) is 1. The van der Waals surface area contributed by atoms with E-state index in [4.69, 9.17) is 9.72 Å². The average molecular weight is 431 g/mol. The first kappa shape index (κ1) is 22.0. The van der Waals surface area contributed by atoms with E-state index in [0.29, 0.717) is 51.4 Å². The maximum Gasteiger partial charge on any atom is 0.256 e. The van der Waals surface area contributed by atoms with Crippen molar-refractivity contribution in [3.8, 4) is 0 Å². The molecule has 0 radical (unpaired) electrons. The fraction of sp³-hybridized carbons (Fsp3) is 0.739. The number of rotatable bonds is 2. The number of hydrogen-bond acceptors (Lipinski definition) is 5. The van der Waals surface area contributed by atoms with E-state index in [2.05, 4.69) is 4.98 Å². The fourth-order valence-corrected chi connectivity index (χ4v) is 4.86. The molecule has 170 valence electrons. The van der Waals surface area contributed by atoms with Gasteiger partial charge < -0.3 is 19.5 Å². The number of piperidine rings is 1. The molecule has 8 heteroatoms. The predicted molar refractivity (Wildman–Crippen MR) is 116 cm³/mol. The lowest BCUT2D eigenvalue weighted by molar-refractivity contribution is -0.140. The Balaban J connectivity index is 1.42. The highest BCUT2D eigenvalue weighted by atomic mass is 16.5. The van der Waals surface area contributed by atoms with E-state index >= 15 is 0 Å². The van der Waals surface area contributed by atoms with Gasteiger partial charge in [-0.15, -0.1) is 0 Å². The Morgan fingerprint density at radius 1 is 1.03 bits per heavy atom. The van der Waals surface area contributed by atoms with Crippen LogP contribution < -0.4 is 5.56 Å². The number of carbonyl (C=O) groups excluding carboxylic acids is 2. The topological polar surface area (TPSA) is 95.6 Å². The Labute approximate surface area is 183 Å². The van der Waals surface area contributed by atoms with Gasteiger partial charge in [-0.1, -0.05) is 20.8 Å². The van der Waals surface area contributed by atoms with Gasteiger partial charge >= 0.3 is 0 Å². The lowest BCUT2D eigenvalue weighted by Gasteiger charge is -2.36. The van der Waals surface area contributed by atoms with Crippen LogP contribution in [0.4, 0.5) is 0 Å². The molecule has 4 heterocycles. The molecule has 1 aromatic heterocycles. The standard InChI is InChI=1S/C23H34N4O4/c1-23(2,3)22(30)26-9-4-15(5-10-26)19-24-18-6-11-27(14-17(18)20(28)25-19)21(29)16-7-12-31-13-8-16/h15-16H,4-14H2,1-3H3,(H,24,25,28). The predicted octanol–water partition coefficient (Wildman–Crippen LogP) is 1.83. The van der Waals surface area contributed by atoms with Crippen LogP contribution in [0.5, 0.6) is 0 Å². The molecule has 3 aliphatic heterocycles. The number of carbonyl (C=O) groups is 2. The zero-order valence-electron chi connectivity index (χ0n) is 18.9. The van der Waals surface area contributed by atoms with Crippen LogP contribution in [0.2, 0.25) is 0 Å². The van der Waals surface area contributed by atoms with Crippen molar-refractivity contribution in [1.82, 2.24) is 19.8 Å². The van der Waals surface area contributed by atoms with Crippen LogP contribution in [0.25, 0.3) is 0 Å². The lowest BCUT2D eigenvalue weighted by Crippen LogP contribution is -2.45. The van der Waals surface area contributed by atoms with E-state index in [-0.39, 0.29) is 34.6 Å². The number of aromatic nitrogens is 2. The molecule has 3 aliphatic rings. The average Bonchev–Trinajstić information content (AvgIpc) is 2.78. The van der Waals surface area contributed by atoms with Gasteiger partial charge in [-0.25, -0.2) is 4.98 Å². The Morgan fingerprint density at radius 3 is 2.35 bits per heavy atom. The molecule has 2 amide bonds. The van der Waals surface area contributed by atoms with Gasteiger partial charge in [0.05, 0.1) is 17.8 Å². The summed E-state index contributed by atoms with van der Waals surface area (Å²) in [6, 6.07) is 0. The summed E-state index contributed by atoms with van der Waals surface area (Å²) in [5, 5.41) is 0. The largest absolute Gasteiger partial charge is 0.381 e. The van der Waals surface area contributed by atoms with E-state index in [1.54, 1.807) is 0 Å². The normalized spacial score (nSPS) is 21.1. The van der Waals surface area contributed by atoms with Gasteiger partial charge in [0.15, 0.2) is 0 Å². The molecule has 0 saturated carbocycles. The minimum Gasteiger partial charge on any atom is -0.381 e. The van der Waals surface area contributed by atoms with Crippen LogP contribution in [0, 0.1) is 11.3 Å². The van der Waals surface area contributed by atoms with Crippen molar-refractivity contribution in [3.63, 3.8) is 0 Å². The number of amides is 2. The third-order valence-corrected chi connectivity index (χ3v) is 6.78. The number of aromatic amines is 1. The van der Waals surface area contributed by atoms with Gasteiger partial charge in [0, 0.05) is 56.5 Å². The van der Waals surface area contributed by atoms with Crippen LogP contribution in [-0.4, -0.2) is 64.4 Å². The molecule has 31 heavy (non-hydrogen) atoms. The summed E-state index contributed by atoms with van der Waals surface area (Å²) in [5.74, 6) is 1.20. The van der Waals surface area contributed by atoms with Gasteiger partial charge in [-0.3, -0.25) is 14.4 Å². The van der Waals surface area contributed by atoms with Gasteiger partial charge in [0.25, 0.3) is 5.56 Å². The molecule has 8 nitrogen and oxygen atoms in total. The number of ether oxygens (including phenoxy) is 1. The molecule has 1 N–H and O–H groups in total. The molecule has 0 aromatic carbocycles. The van der Waals surface area contributed by atoms with Crippen LogP contribution in [0.1, 0.15) is 69.5 Å². The maximum atomic E-state index is 12.9. The van der Waals surface area contributed by atoms with Crippen LogP contribution in [0.15, 0.2) is 4.79 Å². The summed E-state index contributed by atoms with van der Waals surface area (Å²) in [4.78, 5) is 49.8. The summed E-state index contributed by atoms with van der Waals surface area (Å²) >= 11 is 0. The first-order valence-electron chi connectivity index (χ1n) is 11.5. The summed E-state index contributed by atoms with van der Waals surface area (Å²) in [5.41, 5.74) is 0.940. The van der Waals surface area contributed by atoms with Crippen molar-refractivity contribution in [2.75, 3.05) is 32.8 Å². The Morgan fingerprint density at radius 2 is 1.71 bits per heavy atom. The molecule has 2 saturated heterocycles. The molecule has 0 aliphatic carbocycles. The first-order chi connectivity index (χ1) is 14.7. The van der Waals surface area contributed by atoms with Gasteiger partial charge in [-0.05, 0) is 25.7 Å². The zero-order valence-corrected chi connectivity index (χ0v) is 18.9. The van der Waals surface area contributed by atoms with Crippen LogP contribution in [0.3, 0.4) is 0 Å². The molecule has 0 spiro atoms. The number of fused-ring (bicyclic) bond motifs is 1. The molecule has 4 rings (SSSR count). The third kappa shape index (κ3) is 4.68. The number of nitrogens with zero attached hydrogens (tertiary/aromatic N) is 3. The van der Waals surface area contributed by atoms with E-state index < -0.39 is 0 Å².